The summed E-state index contributed by atoms with van der Waals surface area (Å²) in [6.07, 6.45) is 0.322. The van der Waals surface area contributed by atoms with Crippen LogP contribution in [0.15, 0.2) is 53.6 Å². The highest BCUT2D eigenvalue weighted by molar-refractivity contribution is 5.96. The van der Waals surface area contributed by atoms with E-state index in [-0.39, 0.29) is 25.4 Å². The molecule has 1 saturated heterocycles. The first-order valence-corrected chi connectivity index (χ1v) is 9.74. The Balaban J connectivity index is 1.68. The zero-order chi connectivity index (χ0) is 21.6. The number of nitrogens with two attached hydrogens (primary N) is 1. The molecule has 1 aromatic carbocycles. The number of alkyl halides is 2. The Bertz CT molecular complexity index is 1190. The maximum atomic E-state index is 14.1. The Labute approximate surface area is 175 Å². The van der Waals surface area contributed by atoms with Gasteiger partial charge in [-0.25, -0.2) is 22.8 Å². The van der Waals surface area contributed by atoms with Gasteiger partial charge in [-0.15, -0.1) is 5.10 Å². The molecule has 2 aliphatic rings. The zero-order valence-electron chi connectivity index (χ0n) is 16.3. The van der Waals surface area contributed by atoms with E-state index in [4.69, 9.17) is 10.5 Å². The summed E-state index contributed by atoms with van der Waals surface area (Å²) in [6.45, 7) is -0.436. The van der Waals surface area contributed by atoms with Crippen LogP contribution in [0.4, 0.5) is 8.78 Å². The van der Waals surface area contributed by atoms with Gasteiger partial charge in [0, 0.05) is 12.0 Å². The van der Waals surface area contributed by atoms with E-state index in [1.165, 1.54) is 10.8 Å². The smallest absolute Gasteiger partial charge is 0.349 e. The van der Waals surface area contributed by atoms with Gasteiger partial charge in [0.15, 0.2) is 12.1 Å². The topological polar surface area (TPSA) is 113 Å². The van der Waals surface area contributed by atoms with Gasteiger partial charge in [-0.05, 0) is 11.6 Å². The molecule has 0 aliphatic carbocycles. The van der Waals surface area contributed by atoms with Gasteiger partial charge in [-0.2, -0.15) is 10.2 Å². The fourth-order valence-corrected chi connectivity index (χ4v) is 3.86. The second-order valence-electron chi connectivity index (χ2n) is 7.37. The first-order valence-electron chi connectivity index (χ1n) is 9.74. The summed E-state index contributed by atoms with van der Waals surface area (Å²) in [5.74, 6) is -2.77. The summed E-state index contributed by atoms with van der Waals surface area (Å²) in [5, 5.41) is 15.3. The van der Waals surface area contributed by atoms with E-state index in [0.29, 0.717) is 16.8 Å². The van der Waals surface area contributed by atoms with E-state index in [2.05, 4.69) is 20.6 Å². The summed E-state index contributed by atoms with van der Waals surface area (Å²) in [6, 6.07) is 11.1. The Morgan fingerprint density at radius 3 is 2.68 bits per heavy atom. The second-order valence-corrected chi connectivity index (χ2v) is 7.37. The largest absolute Gasteiger partial charge is 0.370 e. The molecule has 11 heteroatoms. The molecule has 160 valence electrons. The average molecular weight is 427 g/mol. The van der Waals surface area contributed by atoms with Crippen molar-refractivity contribution in [3.8, 4) is 0 Å². The van der Waals surface area contributed by atoms with Crippen LogP contribution < -0.4 is 16.7 Å². The van der Waals surface area contributed by atoms with E-state index >= 15 is 0 Å². The molecule has 0 bridgehead atoms. The number of nitrogens with zero attached hydrogens (tertiary/aromatic N) is 5. The fraction of sp³-hybridized carbons (Fsp3) is 0.300. The summed E-state index contributed by atoms with van der Waals surface area (Å²) >= 11 is 0. The predicted octanol–water partition coefficient (Wildman–Crippen LogP) is 1.19. The van der Waals surface area contributed by atoms with Gasteiger partial charge in [-0.3, -0.25) is 5.73 Å². The van der Waals surface area contributed by atoms with Crippen molar-refractivity contribution in [1.82, 2.24) is 29.9 Å². The van der Waals surface area contributed by atoms with Crippen LogP contribution in [0.3, 0.4) is 0 Å². The SMILES string of the molecule is NC1NC(c2ccccc2)=C(c2ccnnc2)c2nn(C[C@H]3OCCC3(F)F)c(=O)n21. The Hall–Kier alpha value is -3.44. The van der Waals surface area contributed by atoms with Crippen LogP contribution in [-0.2, 0) is 11.3 Å². The van der Waals surface area contributed by atoms with E-state index in [9.17, 15) is 13.6 Å². The van der Waals surface area contributed by atoms with Gasteiger partial charge in [0.05, 0.1) is 36.8 Å². The highest BCUT2D eigenvalue weighted by atomic mass is 19.3. The van der Waals surface area contributed by atoms with Crippen molar-refractivity contribution in [3.05, 3.63) is 76.2 Å². The lowest BCUT2D eigenvalue weighted by molar-refractivity contribution is -0.0760. The van der Waals surface area contributed by atoms with Crippen LogP contribution in [0.1, 0.15) is 29.7 Å². The summed E-state index contributed by atoms with van der Waals surface area (Å²) in [5.41, 5.74) is 8.33. The lowest BCUT2D eigenvalue weighted by Crippen LogP contribution is -2.44. The molecule has 2 atom stereocenters. The number of rotatable bonds is 4. The van der Waals surface area contributed by atoms with E-state index in [0.717, 1.165) is 10.2 Å². The molecule has 0 saturated carbocycles. The quantitative estimate of drug-likeness (QED) is 0.643. The summed E-state index contributed by atoms with van der Waals surface area (Å²) < 4.78 is 35.5. The number of nitrogens with one attached hydrogen (secondary N) is 1. The minimum absolute atomic E-state index is 0.0625. The Morgan fingerprint density at radius 2 is 2.00 bits per heavy atom. The average Bonchev–Trinajstić information content (AvgIpc) is 3.28. The van der Waals surface area contributed by atoms with Crippen LogP contribution >= 0.6 is 0 Å². The van der Waals surface area contributed by atoms with Crippen LogP contribution in [0.25, 0.3) is 11.3 Å². The monoisotopic (exact) mass is 427 g/mol. The van der Waals surface area contributed by atoms with Crippen molar-refractivity contribution < 1.29 is 13.5 Å². The molecule has 2 aromatic heterocycles. The lowest BCUT2D eigenvalue weighted by Gasteiger charge is -2.27. The van der Waals surface area contributed by atoms with Crippen LogP contribution in [0.5, 0.6) is 0 Å². The molecule has 4 heterocycles. The molecule has 0 radical (unpaired) electrons. The standard InChI is InChI=1S/C20H19F2N7O2/c21-20(22)7-9-31-14(20)11-28-19(30)29-17(27-28)15(13-6-8-24-25-10-13)16(26-18(29)23)12-4-2-1-3-5-12/h1-6,8,10,14,18,26H,7,9,11,23H2/t14-,18?/m1/s1. The van der Waals surface area contributed by atoms with Crippen molar-refractivity contribution in [3.63, 3.8) is 0 Å². The van der Waals surface area contributed by atoms with Gasteiger partial charge in [0.1, 0.15) is 6.10 Å². The normalized spacial score (nSPS) is 22.3. The molecular formula is C20H19F2N7O2. The molecule has 1 unspecified atom stereocenters. The Morgan fingerprint density at radius 1 is 1.19 bits per heavy atom. The molecule has 31 heavy (non-hydrogen) atoms. The number of ether oxygens (including phenoxy) is 1. The predicted molar refractivity (Wildman–Crippen MR) is 107 cm³/mol. The molecule has 9 nitrogen and oxygen atoms in total. The molecule has 3 aromatic rings. The molecule has 3 N–H and O–H groups in total. The van der Waals surface area contributed by atoms with Gasteiger partial charge in [0.2, 0.25) is 0 Å². The summed E-state index contributed by atoms with van der Waals surface area (Å²) in [7, 11) is 0. The van der Waals surface area contributed by atoms with E-state index in [1.54, 1.807) is 12.3 Å². The van der Waals surface area contributed by atoms with E-state index < -0.39 is 24.0 Å². The van der Waals surface area contributed by atoms with Gasteiger partial charge < -0.3 is 10.1 Å². The molecule has 5 rings (SSSR count). The van der Waals surface area contributed by atoms with Gasteiger partial charge in [0.25, 0.3) is 5.92 Å². The van der Waals surface area contributed by atoms with Crippen LogP contribution in [0, 0.1) is 0 Å². The second kappa shape index (κ2) is 7.36. The molecular weight excluding hydrogens is 408 g/mol. The minimum atomic E-state index is -3.02. The third-order valence-electron chi connectivity index (χ3n) is 5.41. The number of hydrogen-bond acceptors (Lipinski definition) is 7. The van der Waals surface area contributed by atoms with Crippen molar-refractivity contribution in [2.24, 2.45) is 5.73 Å². The number of fused-ring (bicyclic) bond motifs is 1. The van der Waals surface area contributed by atoms with Gasteiger partial charge in [-0.1, -0.05) is 30.3 Å². The van der Waals surface area contributed by atoms with Gasteiger partial charge >= 0.3 is 5.69 Å². The van der Waals surface area contributed by atoms with Crippen molar-refractivity contribution in [2.45, 2.75) is 31.3 Å². The van der Waals surface area contributed by atoms with Crippen molar-refractivity contribution in [1.29, 1.82) is 0 Å². The van der Waals surface area contributed by atoms with Crippen molar-refractivity contribution in [2.75, 3.05) is 6.61 Å². The van der Waals surface area contributed by atoms with Crippen LogP contribution in [-0.4, -0.2) is 43.2 Å². The first-order chi connectivity index (χ1) is 15.0. The van der Waals surface area contributed by atoms with Crippen LogP contribution in [0.2, 0.25) is 0 Å². The maximum absolute atomic E-state index is 14.1. The zero-order valence-corrected chi connectivity index (χ0v) is 16.3. The maximum Gasteiger partial charge on any atom is 0.349 e. The molecule has 0 amide bonds. The third-order valence-corrected chi connectivity index (χ3v) is 5.41. The third kappa shape index (κ3) is 3.31. The number of hydrogen-bond donors (Lipinski definition) is 2. The number of aromatic nitrogens is 5. The van der Waals surface area contributed by atoms with Crippen molar-refractivity contribution >= 4 is 11.3 Å². The highest BCUT2D eigenvalue weighted by Gasteiger charge is 2.46. The molecule has 1 fully saturated rings. The Kier molecular flexibility index (Phi) is 4.63. The lowest BCUT2D eigenvalue weighted by atomic mass is 9.99. The highest BCUT2D eigenvalue weighted by Crippen LogP contribution is 2.34. The molecule has 0 spiro atoms. The summed E-state index contributed by atoms with van der Waals surface area (Å²) in [4.78, 5) is 13.0. The van der Waals surface area contributed by atoms with E-state index in [1.807, 2.05) is 30.3 Å². The number of benzene rings is 1. The first kappa shape index (κ1) is 19.5. The molecule has 2 aliphatic heterocycles. The number of halogens is 2. The minimum Gasteiger partial charge on any atom is -0.370 e. The fourth-order valence-electron chi connectivity index (χ4n) is 3.86.